The molecule has 0 atom stereocenters. The molecule has 0 saturated carbocycles. The molecule has 2 aliphatic rings. The fraction of sp³-hybridized carbons (Fsp3) is 0.432. The molecule has 4 heterocycles. The van der Waals surface area contributed by atoms with Gasteiger partial charge in [-0.2, -0.15) is 0 Å². The van der Waals surface area contributed by atoms with Crippen LogP contribution in [0.25, 0.3) is 22.0 Å². The monoisotopic (exact) mass is 628 g/mol. The Bertz CT molecular complexity index is 1580. The molecule has 0 aliphatic carbocycles. The summed E-state index contributed by atoms with van der Waals surface area (Å²) in [5.41, 5.74) is 11.2. The number of rotatable bonds is 4. The second kappa shape index (κ2) is 15.9. The van der Waals surface area contributed by atoms with Crippen LogP contribution >= 0.6 is 0 Å². The summed E-state index contributed by atoms with van der Waals surface area (Å²) in [5, 5.41) is 16.8. The quantitative estimate of drug-likeness (QED) is 0.189. The number of hydrogen-bond donors (Lipinski definition) is 2. The fourth-order valence-corrected chi connectivity index (χ4v) is 6.10. The van der Waals surface area contributed by atoms with Crippen LogP contribution in [-0.4, -0.2) is 81.5 Å². The number of aryl methyl sites for hydroxylation is 2. The third-order valence-corrected chi connectivity index (χ3v) is 8.15. The molecule has 2 aliphatic heterocycles. The summed E-state index contributed by atoms with van der Waals surface area (Å²) in [6.07, 6.45) is 5.01. The van der Waals surface area contributed by atoms with Gasteiger partial charge >= 0.3 is 0 Å². The van der Waals surface area contributed by atoms with Crippen LogP contribution in [0.4, 0.5) is 17.3 Å². The molecule has 6 rings (SSSR count). The average Bonchev–Trinajstić information content (AvgIpc) is 3.36. The Hall–Kier alpha value is -4.21. The molecule has 2 aromatic heterocycles. The highest BCUT2D eigenvalue weighted by Gasteiger charge is 2.29. The first-order valence-electron chi connectivity index (χ1n) is 15.9. The molecule has 1 fully saturated rings. The third kappa shape index (κ3) is 8.33. The van der Waals surface area contributed by atoms with Crippen molar-refractivity contribution in [3.8, 4) is 11.1 Å². The molecule has 0 spiro atoms. The normalized spacial score (nSPS) is 14.4. The van der Waals surface area contributed by atoms with Gasteiger partial charge in [0.25, 0.3) is 6.47 Å². The maximum absolute atomic E-state index is 8.52. The molecular formula is C37H52N6O3. The summed E-state index contributed by atoms with van der Waals surface area (Å²) in [4.78, 5) is 25.3. The number of piperazine rings is 1. The summed E-state index contributed by atoms with van der Waals surface area (Å²) in [6.45, 7) is 25.9. The first-order valence-corrected chi connectivity index (χ1v) is 15.9. The summed E-state index contributed by atoms with van der Waals surface area (Å²) in [6, 6.07) is 11.4. The number of anilines is 3. The first kappa shape index (κ1) is 36.3. The highest BCUT2D eigenvalue weighted by molar-refractivity contribution is 6.07. The predicted molar refractivity (Wildman–Crippen MR) is 192 cm³/mol. The van der Waals surface area contributed by atoms with Gasteiger partial charge in [-0.15, -0.1) is 13.2 Å². The number of aliphatic hydroxyl groups is 1. The molecule has 0 bridgehead atoms. The Balaban J connectivity index is 0.000000512. The van der Waals surface area contributed by atoms with Crippen molar-refractivity contribution < 1.29 is 15.0 Å². The van der Waals surface area contributed by atoms with E-state index in [4.69, 9.17) is 25.0 Å². The smallest absolute Gasteiger partial charge is 0.290 e. The van der Waals surface area contributed by atoms with Gasteiger partial charge in [0, 0.05) is 50.3 Å². The Morgan fingerprint density at radius 2 is 1.48 bits per heavy atom. The number of likely N-dealkylation sites (N-methyl/N-ethyl adjacent to an activating group) is 1. The molecule has 2 aromatic carbocycles. The van der Waals surface area contributed by atoms with Crippen molar-refractivity contribution in [2.24, 2.45) is 0 Å². The van der Waals surface area contributed by atoms with Gasteiger partial charge in [-0.1, -0.05) is 36.8 Å². The van der Waals surface area contributed by atoms with Crippen LogP contribution in [0.5, 0.6) is 0 Å². The van der Waals surface area contributed by atoms with E-state index in [1.165, 1.54) is 50.1 Å². The van der Waals surface area contributed by atoms with Crippen molar-refractivity contribution in [2.75, 3.05) is 49.6 Å². The number of carboxylic acid groups (broad SMARTS) is 1. The molecule has 0 amide bonds. The Morgan fingerprint density at radius 3 is 2.00 bits per heavy atom. The van der Waals surface area contributed by atoms with Gasteiger partial charge in [-0.05, 0) is 83.3 Å². The van der Waals surface area contributed by atoms with Crippen molar-refractivity contribution in [3.05, 3.63) is 78.3 Å². The molecule has 4 aromatic rings. The van der Waals surface area contributed by atoms with Crippen LogP contribution in [0.3, 0.4) is 0 Å². The fourth-order valence-electron chi connectivity index (χ4n) is 6.10. The zero-order valence-electron chi connectivity index (χ0n) is 29.0. The topological polar surface area (TPSA) is 98.0 Å². The molecule has 248 valence electrons. The van der Waals surface area contributed by atoms with E-state index in [2.05, 4.69) is 97.5 Å². The lowest BCUT2D eigenvalue weighted by atomic mass is 9.89. The number of benzene rings is 2. The third-order valence-electron chi connectivity index (χ3n) is 8.15. The van der Waals surface area contributed by atoms with Crippen LogP contribution < -0.4 is 9.80 Å². The van der Waals surface area contributed by atoms with Gasteiger partial charge in [0.05, 0.1) is 34.9 Å². The Kier molecular flexibility index (Phi) is 12.5. The minimum atomic E-state index is -0.500. The highest BCUT2D eigenvalue weighted by Crippen LogP contribution is 2.46. The summed E-state index contributed by atoms with van der Waals surface area (Å²) in [5.74, 6) is 0.799. The largest absolute Gasteiger partial charge is 0.483 e. The number of aromatic nitrogens is 3. The second-order valence-electron chi connectivity index (χ2n) is 12.7. The van der Waals surface area contributed by atoms with Crippen LogP contribution in [0.15, 0.2) is 55.9 Å². The molecule has 0 radical (unpaired) electrons. The lowest BCUT2D eigenvalue weighted by Gasteiger charge is -2.34. The summed E-state index contributed by atoms with van der Waals surface area (Å²) >= 11 is 0. The molecule has 1 saturated heterocycles. The maximum atomic E-state index is 8.52. The van der Waals surface area contributed by atoms with E-state index in [0.717, 1.165) is 57.3 Å². The predicted octanol–water partition coefficient (Wildman–Crippen LogP) is 6.77. The minimum Gasteiger partial charge on any atom is -0.483 e. The molecule has 0 unspecified atom stereocenters. The second-order valence-corrected chi connectivity index (χ2v) is 12.7. The van der Waals surface area contributed by atoms with E-state index >= 15 is 0 Å². The molecule has 2 N–H and O–H groups in total. The van der Waals surface area contributed by atoms with E-state index in [-0.39, 0.29) is 6.47 Å². The average molecular weight is 629 g/mol. The first-order chi connectivity index (χ1) is 21.9. The number of hydrogen-bond acceptors (Lipinski definition) is 7. The lowest BCUT2D eigenvalue weighted by Crippen LogP contribution is -2.44. The zero-order chi connectivity index (χ0) is 34.2. The van der Waals surface area contributed by atoms with E-state index < -0.39 is 5.60 Å². The van der Waals surface area contributed by atoms with Crippen LogP contribution in [0.2, 0.25) is 0 Å². The van der Waals surface area contributed by atoms with E-state index in [1.54, 1.807) is 20.8 Å². The van der Waals surface area contributed by atoms with Gasteiger partial charge in [-0.3, -0.25) is 4.79 Å². The van der Waals surface area contributed by atoms with Crippen LogP contribution in [0, 0.1) is 20.8 Å². The molecule has 9 nitrogen and oxygen atoms in total. The van der Waals surface area contributed by atoms with Crippen LogP contribution in [-0.2, 0) is 17.8 Å². The van der Waals surface area contributed by atoms with E-state index in [0.29, 0.717) is 0 Å². The van der Waals surface area contributed by atoms with Gasteiger partial charge < -0.3 is 29.5 Å². The summed E-state index contributed by atoms with van der Waals surface area (Å²) < 4.78 is 2.49. The Labute approximate surface area is 274 Å². The molecule has 46 heavy (non-hydrogen) atoms. The van der Waals surface area contributed by atoms with Crippen molar-refractivity contribution in [1.29, 1.82) is 0 Å². The molecule has 9 heteroatoms. The van der Waals surface area contributed by atoms with E-state index in [1.807, 2.05) is 12.4 Å². The van der Waals surface area contributed by atoms with Gasteiger partial charge in [0.2, 0.25) is 5.95 Å². The number of carbonyl (C=O) groups is 1. The van der Waals surface area contributed by atoms with Gasteiger partial charge in [-0.25, -0.2) is 9.97 Å². The van der Waals surface area contributed by atoms with Crippen molar-refractivity contribution in [2.45, 2.75) is 67.0 Å². The van der Waals surface area contributed by atoms with Crippen LogP contribution in [0.1, 0.15) is 50.1 Å². The molecular weight excluding hydrogens is 576 g/mol. The van der Waals surface area contributed by atoms with Crippen molar-refractivity contribution in [1.82, 2.24) is 19.4 Å². The van der Waals surface area contributed by atoms with Crippen molar-refractivity contribution >= 4 is 34.7 Å². The SMILES string of the molecule is C=C.CC(C)(C)O.CCc1c(C)c2c3c(cc(C)n3CCN2c2ncc(N3CCN(C)CC3)cn2)c1-c1ccc(C)cc1.O=CO. The van der Waals surface area contributed by atoms with Crippen molar-refractivity contribution in [3.63, 3.8) is 0 Å². The van der Waals surface area contributed by atoms with Gasteiger partial charge in [0.1, 0.15) is 0 Å². The Morgan fingerprint density at radius 1 is 0.935 bits per heavy atom. The lowest BCUT2D eigenvalue weighted by molar-refractivity contribution is -0.122. The zero-order valence-corrected chi connectivity index (χ0v) is 29.0. The summed E-state index contributed by atoms with van der Waals surface area (Å²) in [7, 11) is 2.18. The maximum Gasteiger partial charge on any atom is 0.290 e. The van der Waals surface area contributed by atoms with Gasteiger partial charge in [0.15, 0.2) is 0 Å². The number of nitrogens with zero attached hydrogens (tertiary/aromatic N) is 6. The van der Waals surface area contributed by atoms with E-state index in [9.17, 15) is 0 Å². The highest BCUT2D eigenvalue weighted by atomic mass is 16.3. The standard InChI is InChI=1S/C30H36N6.C4H10O.C2H4.CH2O2/c1-6-25-22(4)28-29-26(27(25)23-9-7-20(2)8-10-23)17-21(3)35(29)15-16-36(28)30-31-18-24(19-32-30)34-13-11-33(5)12-14-34;1-4(2,3)5;1-2;2-1-3/h7-10,17-19H,6,11-16H2,1-5H3;5H,1-3H3;1-2H2;1H,(H,2,3). The minimum absolute atomic E-state index is 0.250.